The van der Waals surface area contributed by atoms with Gasteiger partial charge in [-0.2, -0.15) is 0 Å². The highest BCUT2D eigenvalue weighted by atomic mass is 32.2. The number of hydrogen-bond acceptors (Lipinski definition) is 4. The Morgan fingerprint density at radius 2 is 1.44 bits per heavy atom. The molecule has 6 heteroatoms. The van der Waals surface area contributed by atoms with Gasteiger partial charge in [-0.25, -0.2) is 8.42 Å². The van der Waals surface area contributed by atoms with Crippen molar-refractivity contribution < 1.29 is 22.2 Å². The summed E-state index contributed by atoms with van der Waals surface area (Å²) in [6, 6.07) is 16.0. The minimum absolute atomic E-state index is 0.185. The minimum Gasteiger partial charge on any atom is -0.744 e. The third-order valence-electron chi connectivity index (χ3n) is 9.49. The SMILES string of the molecule is CCCCC(CC)CC[N+](CCCC)(CCCC)C(C)(CC)CCc1cccc(OCC)c1.O=S(=O)([O-])c1ccccc1. The zero-order valence-electron chi connectivity index (χ0n) is 28.6. The Morgan fingerprint density at radius 1 is 0.814 bits per heavy atom. The number of benzene rings is 2. The topological polar surface area (TPSA) is 66.4 Å². The summed E-state index contributed by atoms with van der Waals surface area (Å²) in [5, 5.41) is 0. The highest BCUT2D eigenvalue weighted by Gasteiger charge is 2.44. The van der Waals surface area contributed by atoms with Gasteiger partial charge in [0.05, 0.1) is 36.7 Å². The van der Waals surface area contributed by atoms with E-state index < -0.39 is 10.1 Å². The van der Waals surface area contributed by atoms with Crippen LogP contribution in [0.25, 0.3) is 0 Å². The summed E-state index contributed by atoms with van der Waals surface area (Å²) in [5.41, 5.74) is 1.76. The molecule has 0 radical (unpaired) electrons. The van der Waals surface area contributed by atoms with Crippen LogP contribution >= 0.6 is 0 Å². The second-order valence-corrected chi connectivity index (χ2v) is 13.8. The van der Waals surface area contributed by atoms with E-state index in [1.165, 1.54) is 125 Å². The maximum Gasteiger partial charge on any atom is 0.124 e. The summed E-state index contributed by atoms with van der Waals surface area (Å²) in [5.74, 6) is 1.92. The quantitative estimate of drug-likeness (QED) is 0.103. The summed E-state index contributed by atoms with van der Waals surface area (Å²) in [6.07, 6.45) is 15.9. The molecule has 2 atom stereocenters. The summed E-state index contributed by atoms with van der Waals surface area (Å²) >= 11 is 0. The fourth-order valence-electron chi connectivity index (χ4n) is 6.25. The van der Waals surface area contributed by atoms with Crippen LogP contribution in [0.3, 0.4) is 0 Å². The average Bonchev–Trinajstić information content (AvgIpc) is 3.01. The summed E-state index contributed by atoms with van der Waals surface area (Å²) < 4.78 is 37.9. The summed E-state index contributed by atoms with van der Waals surface area (Å²) in [4.78, 5) is -0.185. The maximum absolute atomic E-state index is 10.3. The van der Waals surface area contributed by atoms with Gasteiger partial charge in [0.15, 0.2) is 0 Å². The van der Waals surface area contributed by atoms with Crippen LogP contribution in [0.1, 0.15) is 125 Å². The Morgan fingerprint density at radius 3 is 1.93 bits per heavy atom. The third-order valence-corrected chi connectivity index (χ3v) is 10.3. The van der Waals surface area contributed by atoms with Gasteiger partial charge in [-0.1, -0.05) is 103 Å². The minimum atomic E-state index is -4.25. The lowest BCUT2D eigenvalue weighted by Crippen LogP contribution is -2.64. The van der Waals surface area contributed by atoms with Gasteiger partial charge in [0.1, 0.15) is 15.9 Å². The molecule has 0 amide bonds. The first-order valence-corrected chi connectivity index (χ1v) is 18.5. The molecule has 0 bridgehead atoms. The molecule has 0 aliphatic rings. The van der Waals surface area contributed by atoms with E-state index in [9.17, 15) is 13.0 Å². The predicted octanol–water partition coefficient (Wildman–Crippen LogP) is 9.80. The van der Waals surface area contributed by atoms with Crippen molar-refractivity contribution in [2.75, 3.05) is 26.2 Å². The van der Waals surface area contributed by atoms with Crippen LogP contribution in [0.15, 0.2) is 59.5 Å². The van der Waals surface area contributed by atoms with Crippen LogP contribution in [-0.4, -0.2) is 49.2 Å². The first-order valence-electron chi connectivity index (χ1n) is 17.1. The molecule has 0 saturated carbocycles. The van der Waals surface area contributed by atoms with Crippen molar-refractivity contribution in [3.8, 4) is 5.75 Å². The lowest BCUT2D eigenvalue weighted by Gasteiger charge is -2.53. The van der Waals surface area contributed by atoms with Gasteiger partial charge in [0.25, 0.3) is 0 Å². The van der Waals surface area contributed by atoms with Crippen molar-refractivity contribution in [2.24, 2.45) is 5.92 Å². The average molecular weight is 618 g/mol. The standard InChI is InChI=1S/C31H58NO.C6H6O3S/c1-8-14-18-28(11-4)22-26-32(24-15-9-2,25-16-10-3)31(7,12-5)23-21-29-19-17-20-30(27-29)33-13-6;7-10(8,9)6-4-2-1-3-5-6/h17,19-20,27-28H,8-16,18,21-26H2,1-7H3;1-5H,(H,7,8,9)/q+1;/p-1. The van der Waals surface area contributed by atoms with Gasteiger partial charge >= 0.3 is 0 Å². The molecule has 2 aromatic carbocycles. The number of hydrogen-bond donors (Lipinski definition) is 0. The van der Waals surface area contributed by atoms with E-state index in [1.807, 2.05) is 0 Å². The third kappa shape index (κ3) is 13.7. The number of rotatable bonds is 21. The lowest BCUT2D eigenvalue weighted by atomic mass is 9.83. The molecule has 0 heterocycles. The van der Waals surface area contributed by atoms with Crippen molar-refractivity contribution in [1.82, 2.24) is 0 Å². The molecule has 2 aromatic rings. The number of quaternary nitrogens is 1. The van der Waals surface area contributed by atoms with Crippen LogP contribution in [0, 0.1) is 5.92 Å². The maximum atomic E-state index is 10.3. The Balaban J connectivity index is 0.000000775. The van der Waals surface area contributed by atoms with Gasteiger partial charge in [-0.3, -0.25) is 0 Å². The monoisotopic (exact) mass is 617 g/mol. The van der Waals surface area contributed by atoms with E-state index in [4.69, 9.17) is 4.74 Å². The zero-order valence-corrected chi connectivity index (χ0v) is 29.4. The Hall–Kier alpha value is -1.89. The Kier molecular flexibility index (Phi) is 19.1. The smallest absolute Gasteiger partial charge is 0.124 e. The van der Waals surface area contributed by atoms with E-state index >= 15 is 0 Å². The molecule has 0 N–H and O–H groups in total. The van der Waals surface area contributed by atoms with Crippen molar-refractivity contribution in [2.45, 2.75) is 136 Å². The highest BCUT2D eigenvalue weighted by molar-refractivity contribution is 7.85. The second kappa shape index (κ2) is 21.0. The van der Waals surface area contributed by atoms with Crippen LogP contribution < -0.4 is 4.74 Å². The van der Waals surface area contributed by atoms with Crippen molar-refractivity contribution in [3.05, 3.63) is 60.2 Å². The van der Waals surface area contributed by atoms with Gasteiger partial charge in [-0.05, 0) is 81.7 Å². The molecule has 2 rings (SSSR count). The fraction of sp³-hybridized carbons (Fsp3) is 0.676. The van der Waals surface area contributed by atoms with Crippen molar-refractivity contribution >= 4 is 10.1 Å². The first kappa shape index (κ1) is 39.1. The van der Waals surface area contributed by atoms with Gasteiger partial charge < -0.3 is 13.8 Å². The van der Waals surface area contributed by atoms with Crippen LogP contribution in [0.5, 0.6) is 5.75 Å². The van der Waals surface area contributed by atoms with Gasteiger partial charge in [0, 0.05) is 6.42 Å². The van der Waals surface area contributed by atoms with E-state index in [-0.39, 0.29) is 4.90 Å². The van der Waals surface area contributed by atoms with E-state index in [1.54, 1.807) is 6.07 Å². The van der Waals surface area contributed by atoms with Crippen LogP contribution in [-0.2, 0) is 16.5 Å². The van der Waals surface area contributed by atoms with Gasteiger partial charge in [-0.15, -0.1) is 0 Å². The number of ether oxygens (including phenoxy) is 1. The largest absolute Gasteiger partial charge is 0.744 e. The molecule has 0 aliphatic heterocycles. The van der Waals surface area contributed by atoms with E-state index in [0.717, 1.165) is 24.7 Å². The zero-order chi connectivity index (χ0) is 32.2. The normalized spacial score (nSPS) is 14.0. The number of aryl methyl sites for hydroxylation is 1. The fourth-order valence-corrected chi connectivity index (χ4v) is 6.74. The predicted molar refractivity (Wildman–Crippen MR) is 182 cm³/mol. The molecule has 0 fully saturated rings. The summed E-state index contributed by atoms with van der Waals surface area (Å²) in [7, 11) is -4.25. The van der Waals surface area contributed by atoms with Crippen LogP contribution in [0.4, 0.5) is 0 Å². The lowest BCUT2D eigenvalue weighted by molar-refractivity contribution is -0.976. The van der Waals surface area contributed by atoms with Crippen molar-refractivity contribution in [1.29, 1.82) is 0 Å². The molecular weight excluding hydrogens is 554 g/mol. The van der Waals surface area contributed by atoms with E-state index in [2.05, 4.69) is 72.7 Å². The second-order valence-electron chi connectivity index (χ2n) is 12.4. The molecule has 246 valence electrons. The van der Waals surface area contributed by atoms with E-state index in [0.29, 0.717) is 5.54 Å². The molecule has 0 aliphatic carbocycles. The Bertz CT molecular complexity index is 1080. The Labute approximate surface area is 265 Å². The van der Waals surface area contributed by atoms with Crippen LogP contribution in [0.2, 0.25) is 0 Å². The molecule has 0 aromatic heterocycles. The highest BCUT2D eigenvalue weighted by Crippen LogP contribution is 2.37. The number of nitrogens with zero attached hydrogens (tertiary/aromatic N) is 1. The molecule has 43 heavy (non-hydrogen) atoms. The molecular formula is C37H63NO4S. The molecule has 0 spiro atoms. The van der Waals surface area contributed by atoms with Crippen molar-refractivity contribution in [3.63, 3.8) is 0 Å². The molecule has 5 nitrogen and oxygen atoms in total. The van der Waals surface area contributed by atoms with Gasteiger partial charge in [0.2, 0.25) is 0 Å². The number of unbranched alkanes of at least 4 members (excludes halogenated alkanes) is 3. The summed E-state index contributed by atoms with van der Waals surface area (Å²) in [6.45, 7) is 21.4. The molecule has 0 saturated heterocycles. The molecule has 2 unspecified atom stereocenters. The first-order chi connectivity index (χ1) is 20.5.